The number of nitrogens with one attached hydrogen (secondary N) is 1. The second-order valence-electron chi connectivity index (χ2n) is 6.95. The van der Waals surface area contributed by atoms with Crippen LogP contribution in [0.1, 0.15) is 29.1 Å². The van der Waals surface area contributed by atoms with E-state index in [4.69, 9.17) is 11.6 Å². The van der Waals surface area contributed by atoms with Crippen LogP contribution >= 0.6 is 11.6 Å². The average molecular weight is 397 g/mol. The molecule has 1 atom stereocenters. The Hall–Kier alpha value is -2.70. The molecule has 1 saturated heterocycles. The van der Waals surface area contributed by atoms with Crippen molar-refractivity contribution in [1.82, 2.24) is 19.8 Å². The monoisotopic (exact) mass is 396 g/mol. The standard InChI is InChI=1S/C21H21ClN4O2/c1-14(19-23-18-9-5-3-7-16(18)20(27)24-19)25-10-12-26(13-11-25)21(28)15-6-2-4-8-17(15)22/h2-9,14H,10-13H2,1H3,(H,23,24,27). The summed E-state index contributed by atoms with van der Waals surface area (Å²) in [5.41, 5.74) is 1.10. The number of aromatic amines is 1. The number of piperazine rings is 1. The first-order chi connectivity index (χ1) is 13.5. The molecule has 28 heavy (non-hydrogen) atoms. The number of rotatable bonds is 3. The van der Waals surface area contributed by atoms with Crippen LogP contribution in [0.15, 0.2) is 53.3 Å². The van der Waals surface area contributed by atoms with Gasteiger partial charge in [0, 0.05) is 26.2 Å². The van der Waals surface area contributed by atoms with Crippen LogP contribution in [0.5, 0.6) is 0 Å². The quantitative estimate of drug-likeness (QED) is 0.738. The highest BCUT2D eigenvalue weighted by molar-refractivity contribution is 6.33. The highest BCUT2D eigenvalue weighted by atomic mass is 35.5. The molecule has 1 aromatic heterocycles. The predicted octanol–water partition coefficient (Wildman–Crippen LogP) is 3.10. The maximum Gasteiger partial charge on any atom is 0.258 e. The van der Waals surface area contributed by atoms with Crippen LogP contribution in [0.4, 0.5) is 0 Å². The molecule has 2 aromatic carbocycles. The summed E-state index contributed by atoms with van der Waals surface area (Å²) in [5, 5.41) is 1.06. The predicted molar refractivity (Wildman–Crippen MR) is 110 cm³/mol. The van der Waals surface area contributed by atoms with Crippen LogP contribution in [0.3, 0.4) is 0 Å². The van der Waals surface area contributed by atoms with Gasteiger partial charge in [0.25, 0.3) is 11.5 Å². The third kappa shape index (κ3) is 3.53. The molecule has 0 saturated carbocycles. The molecule has 2 heterocycles. The molecule has 4 rings (SSSR count). The Kier molecular flexibility index (Phi) is 5.15. The molecule has 0 bridgehead atoms. The van der Waals surface area contributed by atoms with Crippen molar-refractivity contribution in [2.75, 3.05) is 26.2 Å². The Labute approximate surface area is 167 Å². The van der Waals surface area contributed by atoms with Crippen molar-refractivity contribution in [1.29, 1.82) is 0 Å². The van der Waals surface area contributed by atoms with Crippen molar-refractivity contribution in [3.05, 3.63) is 75.3 Å². The number of carbonyl (C=O) groups is 1. The van der Waals surface area contributed by atoms with Crippen molar-refractivity contribution in [2.45, 2.75) is 13.0 Å². The number of aromatic nitrogens is 2. The van der Waals surface area contributed by atoms with E-state index in [9.17, 15) is 9.59 Å². The highest BCUT2D eigenvalue weighted by Crippen LogP contribution is 2.22. The van der Waals surface area contributed by atoms with E-state index >= 15 is 0 Å². The van der Waals surface area contributed by atoms with E-state index in [0.717, 1.165) is 0 Å². The number of hydrogen-bond donors (Lipinski definition) is 1. The molecule has 3 aromatic rings. The fraction of sp³-hybridized carbons (Fsp3) is 0.286. The summed E-state index contributed by atoms with van der Waals surface area (Å²) < 4.78 is 0. The van der Waals surface area contributed by atoms with Gasteiger partial charge in [-0.3, -0.25) is 14.5 Å². The minimum Gasteiger partial charge on any atom is -0.336 e. The number of nitrogens with zero attached hydrogens (tertiary/aromatic N) is 3. The lowest BCUT2D eigenvalue weighted by Crippen LogP contribution is -2.49. The molecule has 0 aliphatic carbocycles. The summed E-state index contributed by atoms with van der Waals surface area (Å²) in [4.78, 5) is 36.6. The summed E-state index contributed by atoms with van der Waals surface area (Å²) >= 11 is 6.16. The van der Waals surface area contributed by atoms with Crippen molar-refractivity contribution in [2.24, 2.45) is 0 Å². The fourth-order valence-corrected chi connectivity index (χ4v) is 3.81. The molecule has 1 aliphatic heterocycles. The average Bonchev–Trinajstić information content (AvgIpc) is 2.73. The van der Waals surface area contributed by atoms with E-state index in [-0.39, 0.29) is 17.5 Å². The third-order valence-corrected chi connectivity index (χ3v) is 5.61. The first-order valence-corrected chi connectivity index (χ1v) is 9.69. The number of para-hydroxylation sites is 1. The van der Waals surface area contributed by atoms with Gasteiger partial charge in [0.15, 0.2) is 0 Å². The Balaban J connectivity index is 1.47. The number of amides is 1. The first kappa shape index (κ1) is 18.7. The van der Waals surface area contributed by atoms with Gasteiger partial charge in [0.1, 0.15) is 5.82 Å². The summed E-state index contributed by atoms with van der Waals surface area (Å²) in [5.74, 6) is 0.602. The number of hydrogen-bond acceptors (Lipinski definition) is 4. The van der Waals surface area contributed by atoms with Crippen LogP contribution in [0.2, 0.25) is 5.02 Å². The highest BCUT2D eigenvalue weighted by Gasteiger charge is 2.27. The molecular weight excluding hydrogens is 376 g/mol. The van der Waals surface area contributed by atoms with E-state index < -0.39 is 0 Å². The number of fused-ring (bicyclic) bond motifs is 1. The molecule has 1 aliphatic rings. The molecule has 144 valence electrons. The van der Waals surface area contributed by atoms with Crippen LogP contribution < -0.4 is 5.56 Å². The molecule has 0 spiro atoms. The lowest BCUT2D eigenvalue weighted by atomic mass is 10.1. The van der Waals surface area contributed by atoms with E-state index in [0.29, 0.717) is 53.5 Å². The molecule has 1 N–H and O–H groups in total. The molecule has 0 radical (unpaired) electrons. The Bertz CT molecular complexity index is 1070. The van der Waals surface area contributed by atoms with Gasteiger partial charge in [-0.25, -0.2) is 4.98 Å². The Morgan fingerprint density at radius 3 is 2.50 bits per heavy atom. The normalized spacial score (nSPS) is 16.3. The van der Waals surface area contributed by atoms with Gasteiger partial charge in [-0.15, -0.1) is 0 Å². The maximum atomic E-state index is 12.7. The molecular formula is C21H21ClN4O2. The third-order valence-electron chi connectivity index (χ3n) is 5.28. The largest absolute Gasteiger partial charge is 0.336 e. The Morgan fingerprint density at radius 1 is 1.07 bits per heavy atom. The molecule has 7 heteroatoms. The number of carbonyl (C=O) groups excluding carboxylic acids is 1. The van der Waals surface area contributed by atoms with Crippen molar-refractivity contribution in [3.8, 4) is 0 Å². The smallest absolute Gasteiger partial charge is 0.258 e. The fourth-order valence-electron chi connectivity index (χ4n) is 3.59. The lowest BCUT2D eigenvalue weighted by molar-refractivity contribution is 0.0575. The summed E-state index contributed by atoms with van der Waals surface area (Å²) in [6.07, 6.45) is 0. The second-order valence-corrected chi connectivity index (χ2v) is 7.36. The minimum atomic E-state index is -0.125. The first-order valence-electron chi connectivity index (χ1n) is 9.31. The zero-order valence-corrected chi connectivity index (χ0v) is 16.3. The minimum absolute atomic E-state index is 0.0462. The van der Waals surface area contributed by atoms with Crippen LogP contribution in [0, 0.1) is 0 Å². The zero-order valence-electron chi connectivity index (χ0n) is 15.6. The van der Waals surface area contributed by atoms with E-state index in [2.05, 4.69) is 14.9 Å². The van der Waals surface area contributed by atoms with Crippen LogP contribution in [-0.4, -0.2) is 51.9 Å². The van der Waals surface area contributed by atoms with Gasteiger partial charge in [0.05, 0.1) is 27.5 Å². The molecule has 6 nitrogen and oxygen atoms in total. The molecule has 1 unspecified atom stereocenters. The Morgan fingerprint density at radius 2 is 1.75 bits per heavy atom. The van der Waals surface area contributed by atoms with Gasteiger partial charge in [-0.1, -0.05) is 35.9 Å². The van der Waals surface area contributed by atoms with E-state index in [1.807, 2.05) is 42.2 Å². The lowest BCUT2D eigenvalue weighted by Gasteiger charge is -2.37. The van der Waals surface area contributed by atoms with Crippen molar-refractivity contribution < 1.29 is 4.79 Å². The van der Waals surface area contributed by atoms with Gasteiger partial charge in [-0.2, -0.15) is 0 Å². The zero-order chi connectivity index (χ0) is 19.7. The maximum absolute atomic E-state index is 12.7. The van der Waals surface area contributed by atoms with Gasteiger partial charge in [-0.05, 0) is 31.2 Å². The number of halogens is 1. The van der Waals surface area contributed by atoms with E-state index in [1.54, 1.807) is 18.2 Å². The topological polar surface area (TPSA) is 69.3 Å². The second kappa shape index (κ2) is 7.73. The molecule has 1 fully saturated rings. The molecule has 1 amide bonds. The number of H-pyrrole nitrogens is 1. The van der Waals surface area contributed by atoms with Crippen molar-refractivity contribution in [3.63, 3.8) is 0 Å². The van der Waals surface area contributed by atoms with Gasteiger partial charge in [0.2, 0.25) is 0 Å². The SMILES string of the molecule is CC(c1nc2ccccc2c(=O)[nH]1)N1CCN(C(=O)c2ccccc2Cl)CC1. The number of benzene rings is 2. The summed E-state index contributed by atoms with van der Waals surface area (Å²) in [6.45, 7) is 4.64. The van der Waals surface area contributed by atoms with Crippen molar-refractivity contribution >= 4 is 28.4 Å². The van der Waals surface area contributed by atoms with Crippen LogP contribution in [0.25, 0.3) is 10.9 Å². The summed E-state index contributed by atoms with van der Waals surface area (Å²) in [7, 11) is 0. The van der Waals surface area contributed by atoms with Crippen LogP contribution in [-0.2, 0) is 0 Å². The van der Waals surface area contributed by atoms with Gasteiger partial charge >= 0.3 is 0 Å². The van der Waals surface area contributed by atoms with E-state index in [1.165, 1.54) is 0 Å². The summed E-state index contributed by atoms with van der Waals surface area (Å²) in [6, 6.07) is 14.4. The van der Waals surface area contributed by atoms with Gasteiger partial charge < -0.3 is 9.88 Å².